The normalized spacial score (nSPS) is 23.7. The van der Waals surface area contributed by atoms with E-state index in [1.165, 1.54) is 28.6 Å². The Labute approximate surface area is 601 Å². The van der Waals surface area contributed by atoms with E-state index in [0.717, 1.165) is 57.2 Å². The van der Waals surface area contributed by atoms with Crippen molar-refractivity contribution in [2.45, 2.75) is 93.4 Å². The molecule has 0 spiro atoms. The number of sulfonamides is 1. The highest BCUT2D eigenvalue weighted by atomic mass is 35.5. The number of nitrogens with zero attached hydrogens (tertiary/aromatic N) is 13. The van der Waals surface area contributed by atoms with Crippen molar-refractivity contribution >= 4 is 96.4 Å². The number of halogens is 1. The van der Waals surface area contributed by atoms with E-state index in [4.69, 9.17) is 39.3 Å². The minimum Gasteiger partial charge on any atom is -0.495 e. The van der Waals surface area contributed by atoms with Crippen LogP contribution in [0.4, 0.5) is 0 Å². The van der Waals surface area contributed by atoms with Crippen LogP contribution >= 0.6 is 22.9 Å². The number of likely N-dealkylation sites (N-methyl/N-ethyl adjacent to an activating group) is 1. The zero-order valence-electron chi connectivity index (χ0n) is 58.0. The van der Waals surface area contributed by atoms with Gasteiger partial charge < -0.3 is 32.6 Å². The van der Waals surface area contributed by atoms with Gasteiger partial charge in [-0.25, -0.2) is 28.4 Å². The van der Waals surface area contributed by atoms with Gasteiger partial charge in [0.1, 0.15) is 5.75 Å². The number of likely N-dealkylation sites (tertiary alicyclic amines) is 1. The Morgan fingerprint density at radius 2 is 1.20 bits per heavy atom. The summed E-state index contributed by atoms with van der Waals surface area (Å²) >= 11 is 7.64. The summed E-state index contributed by atoms with van der Waals surface area (Å²) in [7, 11) is 2.92. The third-order valence-electron chi connectivity index (χ3n) is 19.6. The third-order valence-corrected chi connectivity index (χ3v) is 22.6. The Hall–Kier alpha value is -10.5. The molecular formula is C74H82ClN17O8S2. The average molecular weight is 1440 g/mol. The molecule has 4 aromatic heterocycles. The lowest BCUT2D eigenvalue weighted by Gasteiger charge is -2.43. The maximum atomic E-state index is 13.6. The number of hydrogen-bond donors (Lipinski definition) is 4. The summed E-state index contributed by atoms with van der Waals surface area (Å²) in [6.07, 6.45) is 12.5. The highest BCUT2D eigenvalue weighted by molar-refractivity contribution is 7.89. The van der Waals surface area contributed by atoms with Crippen LogP contribution in [-0.2, 0) is 57.2 Å². The van der Waals surface area contributed by atoms with Gasteiger partial charge in [-0.2, -0.15) is 4.31 Å². The number of rotatable bonds is 13. The summed E-state index contributed by atoms with van der Waals surface area (Å²) in [4.78, 5) is 101. The van der Waals surface area contributed by atoms with E-state index in [0.29, 0.717) is 66.8 Å². The molecule has 2 saturated heterocycles. The Balaban J connectivity index is 0.000000141. The number of amides is 5. The molecule has 6 atom stereocenters. The highest BCUT2D eigenvalue weighted by Crippen LogP contribution is 2.42. The van der Waals surface area contributed by atoms with Crippen molar-refractivity contribution in [1.82, 2.24) is 43.8 Å². The number of benzene rings is 4. The van der Waals surface area contributed by atoms with E-state index in [9.17, 15) is 32.4 Å². The summed E-state index contributed by atoms with van der Waals surface area (Å²) < 4.78 is 33.8. The molecule has 10 heterocycles. The number of aromatic nitrogens is 3. The second kappa shape index (κ2) is 29.6. The molecule has 0 bridgehead atoms. The van der Waals surface area contributed by atoms with Crippen LogP contribution in [0.15, 0.2) is 195 Å². The second-order valence-electron chi connectivity index (χ2n) is 26.7. The number of aliphatic imine (C=N–C) groups is 4. The molecule has 8 aromatic rings. The molecule has 530 valence electrons. The van der Waals surface area contributed by atoms with E-state index in [-0.39, 0.29) is 71.6 Å². The minimum absolute atomic E-state index is 0.00421. The maximum absolute atomic E-state index is 13.6. The summed E-state index contributed by atoms with van der Waals surface area (Å²) in [5, 5.41) is 3.78. The SMILES string of the molecule is CN1C(=O)C(C)(c2cncc(-c3cncc(Cl)c3)c2)N=C1N.CN1C(=O)C[C@@](C)(C2CCCN(S(=O)(=O)c3ccccc3)C2)N=C1N.CN1C(=O)C[C@@](C)(c2csc3ccccc23)N=C1N.COc1cncc(-c2cccc(C3(C)N=C(N)N(CC4CC(=O)N(Cc5ccccc5)C4)C3=O)c2)c1. The molecule has 28 heteroatoms. The Kier molecular flexibility index (Phi) is 21.1. The standard InChI is InChI=1S/C28H29N5O3.C17H24N4O3S.C15H14ClN5O.C14H15N3OS/c1-28(23-10-6-9-21(12-23)22-13-24(36-2)15-30-14-22)26(35)33(27(29)31-28)18-20-11-25(34)32(17-20)16-19-7-4-3-5-8-19;1-17(11-15(22)20(2)16(18)19-17)13-7-6-10-21(12-13)25(23,24)14-8-4-3-5-9-14;1-15(13(22)21(2)14(17)20-15)11-3-9(5-18-7-11)10-4-12(16)8-19-6-10;1-14(7-12(18)17(2)13(15)16-14)10-8-19-11-6-4-3-5-9(10)11/h3-10,12-15,20H,11,16-18H2,1-2H3,(H2,29,31);3-5,8-9,13H,6-7,10-12H2,1-2H3,(H2,18,19);3-8H,1-2H3,(H2,17,20);3-6,8H,7H2,1-2H3,(H2,15,16)/t;13?,17-;;14-/m.0.0/s1. The Bertz CT molecular complexity index is 4770. The number of nitrogens with two attached hydrogens (primary N) is 4. The van der Waals surface area contributed by atoms with Crippen molar-refractivity contribution in [3.63, 3.8) is 0 Å². The fraction of sp³-hybridized carbons (Fsp3) is 0.324. The van der Waals surface area contributed by atoms with E-state index in [1.807, 2.05) is 97.6 Å². The van der Waals surface area contributed by atoms with E-state index in [2.05, 4.69) is 52.4 Å². The smallest absolute Gasteiger partial charge is 0.261 e. The van der Waals surface area contributed by atoms with Gasteiger partial charge in [0.25, 0.3) is 11.8 Å². The van der Waals surface area contributed by atoms with Gasteiger partial charge in [-0.15, -0.1) is 11.3 Å². The molecule has 0 radical (unpaired) electrons. The first-order valence-corrected chi connectivity index (χ1v) is 35.8. The molecule has 4 aromatic carbocycles. The first kappa shape index (κ1) is 72.8. The number of carbonyl (C=O) groups excluding carboxylic acids is 5. The number of methoxy groups -OCH3 is 1. The predicted octanol–water partition coefficient (Wildman–Crippen LogP) is 8.29. The van der Waals surface area contributed by atoms with Crippen LogP contribution in [0.3, 0.4) is 0 Å². The third kappa shape index (κ3) is 15.1. The molecular weight excluding hydrogens is 1350 g/mol. The number of piperidine rings is 1. The largest absolute Gasteiger partial charge is 0.495 e. The molecule has 8 N–H and O–H groups in total. The summed E-state index contributed by atoms with van der Waals surface area (Å²) in [5.41, 5.74) is 27.3. The van der Waals surface area contributed by atoms with E-state index >= 15 is 0 Å². The van der Waals surface area contributed by atoms with Crippen molar-refractivity contribution in [3.05, 3.63) is 197 Å². The molecule has 25 nitrogen and oxygen atoms in total. The van der Waals surface area contributed by atoms with Crippen LogP contribution in [0.1, 0.15) is 82.1 Å². The highest BCUT2D eigenvalue weighted by Gasteiger charge is 2.49. The zero-order chi connectivity index (χ0) is 73.1. The maximum Gasteiger partial charge on any atom is 0.261 e. The molecule has 102 heavy (non-hydrogen) atoms. The van der Waals surface area contributed by atoms with Crippen molar-refractivity contribution < 1.29 is 37.1 Å². The van der Waals surface area contributed by atoms with Gasteiger partial charge in [-0.1, -0.05) is 96.5 Å². The molecule has 2 fully saturated rings. The van der Waals surface area contributed by atoms with Crippen LogP contribution < -0.4 is 27.7 Å². The van der Waals surface area contributed by atoms with Gasteiger partial charge in [0, 0.05) is 124 Å². The molecule has 6 aliphatic rings. The fourth-order valence-corrected chi connectivity index (χ4v) is 16.2. The average Bonchev–Trinajstić information content (AvgIpc) is 1.46. The molecule has 0 aliphatic carbocycles. The molecule has 4 unspecified atom stereocenters. The van der Waals surface area contributed by atoms with Gasteiger partial charge >= 0.3 is 0 Å². The predicted molar refractivity (Wildman–Crippen MR) is 395 cm³/mol. The summed E-state index contributed by atoms with van der Waals surface area (Å²) in [6, 6.07) is 39.7. The van der Waals surface area contributed by atoms with Crippen LogP contribution in [0.25, 0.3) is 32.3 Å². The quantitative estimate of drug-likeness (QED) is 0.0843. The number of fused-ring (bicyclic) bond motifs is 1. The van der Waals surface area contributed by atoms with Crippen LogP contribution in [-0.4, -0.2) is 166 Å². The zero-order valence-corrected chi connectivity index (χ0v) is 60.4. The Morgan fingerprint density at radius 1 is 0.598 bits per heavy atom. The van der Waals surface area contributed by atoms with Crippen LogP contribution in [0, 0.1) is 11.8 Å². The van der Waals surface area contributed by atoms with Gasteiger partial charge in [-0.3, -0.25) is 58.5 Å². The molecule has 6 aliphatic heterocycles. The summed E-state index contributed by atoms with van der Waals surface area (Å²) in [5.74, 6) is 1.11. The van der Waals surface area contributed by atoms with Crippen LogP contribution in [0.5, 0.6) is 5.75 Å². The van der Waals surface area contributed by atoms with Crippen molar-refractivity contribution in [2.75, 3.05) is 54.4 Å². The first-order valence-electron chi connectivity index (χ1n) is 33.1. The number of pyridine rings is 3. The second-order valence-corrected chi connectivity index (χ2v) is 30.0. The number of hydrogen-bond acceptors (Lipinski definition) is 20. The number of carbonyl (C=O) groups is 5. The van der Waals surface area contributed by atoms with Gasteiger partial charge in [-0.05, 0) is 122 Å². The molecule has 5 amide bonds. The summed E-state index contributed by atoms with van der Waals surface area (Å²) in [6.45, 7) is 9.72. The fourth-order valence-electron chi connectivity index (χ4n) is 13.4. The molecule has 0 saturated carbocycles. The van der Waals surface area contributed by atoms with Gasteiger partial charge in [0.2, 0.25) is 27.7 Å². The topological polar surface area (TPSA) is 340 Å². The minimum atomic E-state index is -3.54. The lowest BCUT2D eigenvalue weighted by molar-refractivity contribution is -0.132. The number of thiophene rings is 1. The van der Waals surface area contributed by atoms with Gasteiger partial charge in [0.15, 0.2) is 34.9 Å². The first-order chi connectivity index (χ1) is 48.5. The van der Waals surface area contributed by atoms with Crippen molar-refractivity contribution in [3.8, 4) is 28.0 Å². The van der Waals surface area contributed by atoms with E-state index in [1.54, 1.807) is 127 Å². The lowest BCUT2D eigenvalue weighted by Crippen LogP contribution is -2.54. The molecule has 14 rings (SSSR count). The lowest BCUT2D eigenvalue weighted by atomic mass is 9.78. The monoisotopic (exact) mass is 1440 g/mol. The van der Waals surface area contributed by atoms with Crippen LogP contribution in [0.2, 0.25) is 5.02 Å². The number of guanidine groups is 4. The Morgan fingerprint density at radius 3 is 1.86 bits per heavy atom. The number of ether oxygens (including phenoxy) is 1. The van der Waals surface area contributed by atoms with Gasteiger partial charge in [0.05, 0.1) is 47.1 Å². The van der Waals surface area contributed by atoms with E-state index < -0.39 is 32.2 Å². The van der Waals surface area contributed by atoms with Crippen molar-refractivity contribution in [1.29, 1.82) is 0 Å². The van der Waals surface area contributed by atoms with Crippen molar-refractivity contribution in [2.24, 2.45) is 54.7 Å².